The van der Waals surface area contributed by atoms with Crippen LogP contribution in [0.2, 0.25) is 0 Å². The van der Waals surface area contributed by atoms with Gasteiger partial charge in [-0.15, -0.1) is 16.8 Å². The third-order valence-corrected chi connectivity index (χ3v) is 5.29. The monoisotopic (exact) mass is 342 g/mol. The molecule has 1 N–H and O–H groups in total. The summed E-state index contributed by atoms with van der Waals surface area (Å²) in [6.45, 7) is 5.25. The number of hydrogen-bond donors (Lipinski definition) is 1. The molecule has 0 aliphatic carbocycles. The molecule has 0 saturated carbocycles. The predicted octanol–water partition coefficient (Wildman–Crippen LogP) is 2.82. The van der Waals surface area contributed by atoms with Gasteiger partial charge in [-0.2, -0.15) is 0 Å². The van der Waals surface area contributed by atoms with E-state index in [1.807, 2.05) is 24.3 Å². The number of carbonyl (C=O) groups excluding carboxylic acids is 1. The molecule has 1 amide bonds. The fraction of sp³-hybridized carbons (Fsp3) is 0.389. The van der Waals surface area contributed by atoms with Crippen molar-refractivity contribution in [3.8, 4) is 0 Å². The molecule has 1 aliphatic rings. The molecular formula is C18H22N4OS. The van der Waals surface area contributed by atoms with E-state index in [1.165, 1.54) is 17.3 Å². The molecule has 1 aliphatic heterocycles. The Balaban J connectivity index is 1.80. The molecule has 2 heterocycles. The molecule has 1 fully saturated rings. The predicted molar refractivity (Wildman–Crippen MR) is 96.0 cm³/mol. The molecule has 1 atom stereocenters. The molecule has 0 unspecified atom stereocenters. The number of benzene rings is 1. The molecule has 6 heteroatoms. The third-order valence-electron chi connectivity index (χ3n) is 4.04. The first-order valence-corrected chi connectivity index (χ1v) is 9.17. The summed E-state index contributed by atoms with van der Waals surface area (Å²) in [7, 11) is 0. The second kappa shape index (κ2) is 8.15. The highest BCUT2D eigenvalue weighted by Crippen LogP contribution is 2.28. The third kappa shape index (κ3) is 4.06. The molecule has 5 nitrogen and oxygen atoms in total. The number of aromatic nitrogens is 3. The van der Waals surface area contributed by atoms with Crippen molar-refractivity contribution in [1.82, 2.24) is 20.1 Å². The van der Waals surface area contributed by atoms with Crippen LogP contribution in [-0.2, 0) is 17.8 Å². The molecule has 1 aromatic carbocycles. The lowest BCUT2D eigenvalue weighted by atomic mass is 10.1. The number of nitrogens with zero attached hydrogens (tertiary/aromatic N) is 3. The largest absolute Gasteiger partial charge is 0.355 e. The Labute approximate surface area is 146 Å². The zero-order valence-electron chi connectivity index (χ0n) is 13.6. The minimum absolute atomic E-state index is 0.0927. The van der Waals surface area contributed by atoms with Crippen LogP contribution in [0.15, 0.2) is 48.1 Å². The zero-order chi connectivity index (χ0) is 16.8. The minimum Gasteiger partial charge on any atom is -0.355 e. The summed E-state index contributed by atoms with van der Waals surface area (Å²) >= 11 is 1.51. The number of thioether (sulfide) groups is 1. The normalized spacial score (nSPS) is 18.0. The van der Waals surface area contributed by atoms with Crippen LogP contribution in [0.5, 0.6) is 0 Å². The van der Waals surface area contributed by atoms with Crippen LogP contribution < -0.4 is 5.32 Å². The quantitative estimate of drug-likeness (QED) is 0.820. The SMILES string of the molecule is C=CCn1c(Cc2ccccc2)nnc1S[C@H]1CCCCNC1=O. The highest BCUT2D eigenvalue weighted by Gasteiger charge is 2.25. The lowest BCUT2D eigenvalue weighted by Gasteiger charge is -2.13. The highest BCUT2D eigenvalue weighted by atomic mass is 32.2. The van der Waals surface area contributed by atoms with Crippen LogP contribution in [0.25, 0.3) is 0 Å². The Hall–Kier alpha value is -2.08. The first kappa shape index (κ1) is 16.8. The Kier molecular flexibility index (Phi) is 5.69. The maximum Gasteiger partial charge on any atom is 0.233 e. The van der Waals surface area contributed by atoms with Crippen molar-refractivity contribution in [2.45, 2.75) is 42.6 Å². The van der Waals surface area contributed by atoms with Gasteiger partial charge in [-0.1, -0.05) is 54.6 Å². The summed E-state index contributed by atoms with van der Waals surface area (Å²) in [5.74, 6) is 1.01. The first-order valence-electron chi connectivity index (χ1n) is 8.29. The van der Waals surface area contributed by atoms with Gasteiger partial charge in [0.1, 0.15) is 5.82 Å². The van der Waals surface area contributed by atoms with E-state index in [9.17, 15) is 4.79 Å². The Morgan fingerprint density at radius 2 is 2.12 bits per heavy atom. The second-order valence-electron chi connectivity index (χ2n) is 5.85. The van der Waals surface area contributed by atoms with Gasteiger partial charge in [0.15, 0.2) is 5.16 Å². The molecule has 1 aromatic heterocycles. The van der Waals surface area contributed by atoms with Gasteiger partial charge in [0.2, 0.25) is 5.91 Å². The van der Waals surface area contributed by atoms with E-state index in [2.05, 4.69) is 38.8 Å². The standard InChI is InChI=1S/C18H22N4OS/c1-2-12-22-16(13-14-8-4-3-5-9-14)20-21-18(22)24-15-10-6-7-11-19-17(15)23/h2-5,8-9,15H,1,6-7,10-13H2,(H,19,23)/t15-/m0/s1. The van der Waals surface area contributed by atoms with Crippen LogP contribution in [0.1, 0.15) is 30.7 Å². The Bertz CT molecular complexity index is 698. The van der Waals surface area contributed by atoms with Crippen molar-refractivity contribution in [3.05, 3.63) is 54.4 Å². The molecule has 126 valence electrons. The summed E-state index contributed by atoms with van der Waals surface area (Å²) in [4.78, 5) is 12.2. The van der Waals surface area contributed by atoms with Crippen molar-refractivity contribution in [2.75, 3.05) is 6.54 Å². The molecule has 0 radical (unpaired) electrons. The lowest BCUT2D eigenvalue weighted by Crippen LogP contribution is -2.30. The number of rotatable bonds is 6. The molecule has 24 heavy (non-hydrogen) atoms. The van der Waals surface area contributed by atoms with E-state index < -0.39 is 0 Å². The van der Waals surface area contributed by atoms with Crippen molar-refractivity contribution >= 4 is 17.7 Å². The molecule has 0 bridgehead atoms. The summed E-state index contributed by atoms with van der Waals surface area (Å²) in [5.41, 5.74) is 1.19. The van der Waals surface area contributed by atoms with Crippen LogP contribution in [-0.4, -0.2) is 32.5 Å². The fourth-order valence-electron chi connectivity index (χ4n) is 2.78. The van der Waals surface area contributed by atoms with Gasteiger partial charge in [-0.25, -0.2) is 0 Å². The molecule has 0 spiro atoms. The van der Waals surface area contributed by atoms with E-state index in [1.54, 1.807) is 0 Å². The fourth-order valence-corrected chi connectivity index (χ4v) is 3.90. The topological polar surface area (TPSA) is 59.8 Å². The van der Waals surface area contributed by atoms with Gasteiger partial charge in [-0.3, -0.25) is 4.79 Å². The second-order valence-corrected chi connectivity index (χ2v) is 7.02. The number of amides is 1. The zero-order valence-corrected chi connectivity index (χ0v) is 14.5. The van der Waals surface area contributed by atoms with Crippen molar-refractivity contribution in [1.29, 1.82) is 0 Å². The lowest BCUT2D eigenvalue weighted by molar-refractivity contribution is -0.120. The van der Waals surface area contributed by atoms with E-state index in [-0.39, 0.29) is 11.2 Å². The van der Waals surface area contributed by atoms with Gasteiger partial charge in [0, 0.05) is 19.5 Å². The van der Waals surface area contributed by atoms with Gasteiger partial charge >= 0.3 is 0 Å². The van der Waals surface area contributed by atoms with E-state index in [4.69, 9.17) is 0 Å². The average molecular weight is 342 g/mol. The summed E-state index contributed by atoms with van der Waals surface area (Å²) in [5, 5.41) is 12.4. The van der Waals surface area contributed by atoms with Gasteiger partial charge < -0.3 is 9.88 Å². The number of allylic oxidation sites excluding steroid dienone is 1. The first-order chi connectivity index (χ1) is 11.8. The van der Waals surface area contributed by atoms with Gasteiger partial charge in [0.25, 0.3) is 0 Å². The molecule has 1 saturated heterocycles. The number of hydrogen-bond acceptors (Lipinski definition) is 4. The number of nitrogens with one attached hydrogen (secondary N) is 1. The summed E-state index contributed by atoms with van der Waals surface area (Å²) in [6, 6.07) is 10.2. The van der Waals surface area contributed by atoms with Crippen molar-refractivity contribution in [2.24, 2.45) is 0 Å². The molecule has 3 rings (SSSR count). The van der Waals surface area contributed by atoms with Gasteiger partial charge in [0.05, 0.1) is 5.25 Å². The van der Waals surface area contributed by atoms with Crippen molar-refractivity contribution in [3.63, 3.8) is 0 Å². The van der Waals surface area contributed by atoms with Crippen LogP contribution in [0.3, 0.4) is 0 Å². The smallest absolute Gasteiger partial charge is 0.233 e. The van der Waals surface area contributed by atoms with Gasteiger partial charge in [-0.05, 0) is 18.4 Å². The molecular weight excluding hydrogens is 320 g/mol. The van der Waals surface area contributed by atoms with E-state index >= 15 is 0 Å². The van der Waals surface area contributed by atoms with E-state index in [0.29, 0.717) is 6.54 Å². The summed E-state index contributed by atoms with van der Waals surface area (Å²) in [6.07, 6.45) is 5.55. The van der Waals surface area contributed by atoms with Crippen LogP contribution in [0.4, 0.5) is 0 Å². The maximum absolute atomic E-state index is 12.2. The highest BCUT2D eigenvalue weighted by molar-refractivity contribution is 8.00. The summed E-state index contributed by atoms with van der Waals surface area (Å²) < 4.78 is 2.06. The number of carbonyl (C=O) groups is 1. The van der Waals surface area contributed by atoms with Crippen LogP contribution in [0, 0.1) is 0 Å². The Morgan fingerprint density at radius 3 is 2.92 bits per heavy atom. The molecule has 2 aromatic rings. The Morgan fingerprint density at radius 1 is 1.29 bits per heavy atom. The van der Waals surface area contributed by atoms with Crippen LogP contribution >= 0.6 is 11.8 Å². The van der Waals surface area contributed by atoms with E-state index in [0.717, 1.165) is 43.2 Å². The maximum atomic E-state index is 12.2. The average Bonchev–Trinajstić information content (AvgIpc) is 2.83. The van der Waals surface area contributed by atoms with Crippen molar-refractivity contribution < 1.29 is 4.79 Å². The minimum atomic E-state index is -0.0927.